The van der Waals surface area contributed by atoms with Gasteiger partial charge in [0.2, 0.25) is 0 Å². The van der Waals surface area contributed by atoms with Crippen molar-refractivity contribution in [3.63, 3.8) is 0 Å². The molecule has 0 aliphatic carbocycles. The summed E-state index contributed by atoms with van der Waals surface area (Å²) in [7, 11) is 4.92. The second-order valence-electron chi connectivity index (χ2n) is 11.8. The molecule has 2 aromatic rings. The summed E-state index contributed by atoms with van der Waals surface area (Å²) < 4.78 is 18.9. The first-order valence-corrected chi connectivity index (χ1v) is 15.6. The van der Waals surface area contributed by atoms with Gasteiger partial charge in [-0.25, -0.2) is 0 Å². The predicted octanol–water partition coefficient (Wildman–Crippen LogP) is 2.07. The molecule has 0 atom stereocenters. The Hall–Kier alpha value is -3.55. The number of urea groups is 1. The maximum atomic E-state index is 13.7. The number of hydrogen-bond acceptors (Lipinski definition) is 6. The van der Waals surface area contributed by atoms with Gasteiger partial charge in [0.25, 0.3) is 0 Å². The van der Waals surface area contributed by atoms with Crippen LogP contribution in [0.5, 0.6) is 5.75 Å². The monoisotopic (exact) mass is 694 g/mol. The van der Waals surface area contributed by atoms with E-state index in [1.54, 1.807) is 67.6 Å². The van der Waals surface area contributed by atoms with E-state index in [1.165, 1.54) is 18.3 Å². The standard InChI is InChI=1S/C30H41IN5O6/c1-29(2,3)41-26(37)32-25(35-19-33(7)27(38)34(8)20-35)36(28(39)42-30(4,5)6)18-21-11-10-12-23(17-21)31-22-13-15-24(40-9)16-14-22/h10-17H,18-20H2,1-9H3/q-1. The van der Waals surface area contributed by atoms with Gasteiger partial charge in [-0.1, -0.05) is 0 Å². The number of rotatable bonds is 5. The van der Waals surface area contributed by atoms with Crippen LogP contribution in [0.25, 0.3) is 0 Å². The van der Waals surface area contributed by atoms with Crippen LogP contribution < -0.4 is 25.9 Å². The van der Waals surface area contributed by atoms with E-state index < -0.39 is 44.6 Å². The molecular formula is C30H41IN5O6-. The number of nitrogens with zero attached hydrogens (tertiary/aromatic N) is 5. The number of guanidine groups is 1. The molecule has 0 radical (unpaired) electrons. The van der Waals surface area contributed by atoms with Crippen LogP contribution in [0, 0.1) is 7.14 Å². The predicted molar refractivity (Wildman–Crippen MR) is 155 cm³/mol. The Labute approximate surface area is 258 Å². The van der Waals surface area contributed by atoms with Gasteiger partial charge in [-0.3, -0.25) is 0 Å². The molecule has 1 heterocycles. The van der Waals surface area contributed by atoms with E-state index in [4.69, 9.17) is 14.2 Å². The van der Waals surface area contributed by atoms with E-state index in [9.17, 15) is 14.4 Å². The molecule has 230 valence electrons. The van der Waals surface area contributed by atoms with Crippen molar-refractivity contribution in [1.29, 1.82) is 0 Å². The number of methoxy groups -OCH3 is 1. The van der Waals surface area contributed by atoms with Gasteiger partial charge in [-0.2, -0.15) is 0 Å². The van der Waals surface area contributed by atoms with Crippen molar-refractivity contribution in [2.75, 3.05) is 34.5 Å². The number of benzene rings is 2. The molecule has 12 heteroatoms. The van der Waals surface area contributed by atoms with Crippen LogP contribution >= 0.6 is 0 Å². The molecule has 4 amide bonds. The molecule has 42 heavy (non-hydrogen) atoms. The summed E-state index contributed by atoms with van der Waals surface area (Å²) in [6, 6.07) is 15.8. The Morgan fingerprint density at radius 3 is 2.05 bits per heavy atom. The molecule has 3 rings (SSSR count). The molecule has 0 bridgehead atoms. The summed E-state index contributed by atoms with van der Waals surface area (Å²) in [5.41, 5.74) is -0.773. The number of halogens is 1. The van der Waals surface area contributed by atoms with Gasteiger partial charge in [-0.05, 0) is 0 Å². The summed E-state index contributed by atoms with van der Waals surface area (Å²) in [6.45, 7) is 10.8. The topological polar surface area (TPSA) is 104 Å². The second kappa shape index (κ2) is 13.6. The molecule has 1 aliphatic rings. The van der Waals surface area contributed by atoms with Crippen LogP contribution in [0.4, 0.5) is 14.4 Å². The first-order chi connectivity index (χ1) is 19.5. The average Bonchev–Trinajstić information content (AvgIpc) is 2.87. The van der Waals surface area contributed by atoms with Gasteiger partial charge in [0.1, 0.15) is 0 Å². The number of ether oxygens (including phenoxy) is 3. The molecule has 0 aromatic heterocycles. The molecule has 0 N–H and O–H groups in total. The van der Waals surface area contributed by atoms with Crippen molar-refractivity contribution in [3.05, 3.63) is 61.2 Å². The molecule has 11 nitrogen and oxygen atoms in total. The number of carbonyl (C=O) groups is 3. The summed E-state index contributed by atoms with van der Waals surface area (Å²) in [5.74, 6) is 0.831. The first kappa shape index (κ1) is 33.0. The zero-order valence-electron chi connectivity index (χ0n) is 25.8. The third-order valence-electron chi connectivity index (χ3n) is 5.64. The molecular weight excluding hydrogens is 653 g/mol. The number of carbonyl (C=O) groups excluding carboxylic acids is 3. The van der Waals surface area contributed by atoms with Gasteiger partial charge in [0, 0.05) is 0 Å². The van der Waals surface area contributed by atoms with E-state index in [0.717, 1.165) is 14.9 Å². The molecule has 1 fully saturated rings. The van der Waals surface area contributed by atoms with E-state index in [2.05, 4.69) is 29.3 Å². The third-order valence-corrected chi connectivity index (χ3v) is 8.27. The van der Waals surface area contributed by atoms with Crippen molar-refractivity contribution in [1.82, 2.24) is 19.6 Å². The van der Waals surface area contributed by atoms with Crippen molar-refractivity contribution < 1.29 is 49.8 Å². The summed E-state index contributed by atoms with van der Waals surface area (Å²) in [4.78, 5) is 49.4. The number of amides is 4. The first-order valence-electron chi connectivity index (χ1n) is 13.5. The maximum absolute atomic E-state index is 13.7. The van der Waals surface area contributed by atoms with Crippen LogP contribution in [-0.4, -0.2) is 89.5 Å². The van der Waals surface area contributed by atoms with Crippen LogP contribution in [0.3, 0.4) is 0 Å². The zero-order chi connectivity index (χ0) is 31.2. The molecule has 2 aromatic carbocycles. The molecule has 1 aliphatic heterocycles. The van der Waals surface area contributed by atoms with Crippen molar-refractivity contribution in [2.24, 2.45) is 4.99 Å². The molecule has 1 saturated heterocycles. The fourth-order valence-electron chi connectivity index (χ4n) is 3.93. The second-order valence-corrected chi connectivity index (χ2v) is 14.9. The Kier molecular flexibility index (Phi) is 10.7. The minimum atomic E-state index is -0.854. The van der Waals surface area contributed by atoms with E-state index in [-0.39, 0.29) is 31.9 Å². The molecule has 0 spiro atoms. The van der Waals surface area contributed by atoms with Crippen molar-refractivity contribution in [2.45, 2.75) is 59.3 Å². The normalized spacial score (nSPS) is 14.6. The van der Waals surface area contributed by atoms with Crippen LogP contribution in [-0.2, 0) is 16.0 Å². The van der Waals surface area contributed by atoms with Gasteiger partial charge in [0.15, 0.2) is 0 Å². The minimum absolute atomic E-state index is 0.0277. The van der Waals surface area contributed by atoms with Gasteiger partial charge >= 0.3 is 259 Å². The van der Waals surface area contributed by atoms with Gasteiger partial charge in [0.05, 0.1) is 0 Å². The van der Waals surface area contributed by atoms with Crippen molar-refractivity contribution >= 4 is 24.2 Å². The fraction of sp³-hybridized carbons (Fsp3) is 0.467. The average molecular weight is 695 g/mol. The van der Waals surface area contributed by atoms with Crippen LogP contribution in [0.2, 0.25) is 0 Å². The summed E-state index contributed by atoms with van der Waals surface area (Å²) >= 11 is -0.503. The van der Waals surface area contributed by atoms with Crippen molar-refractivity contribution in [3.8, 4) is 5.75 Å². The number of aliphatic imine (C=N–C) groups is 1. The van der Waals surface area contributed by atoms with Gasteiger partial charge < -0.3 is 0 Å². The third kappa shape index (κ3) is 9.78. The molecule has 0 saturated carbocycles. The zero-order valence-corrected chi connectivity index (χ0v) is 28.0. The Morgan fingerprint density at radius 1 is 0.905 bits per heavy atom. The quantitative estimate of drug-likeness (QED) is 0.268. The van der Waals surface area contributed by atoms with Crippen LogP contribution in [0.15, 0.2) is 53.5 Å². The summed E-state index contributed by atoms with van der Waals surface area (Å²) in [6.07, 6.45) is -1.53. The Balaban J connectivity index is 2.02. The summed E-state index contributed by atoms with van der Waals surface area (Å²) in [5, 5.41) is 0. The van der Waals surface area contributed by atoms with E-state index in [1.807, 2.05) is 24.3 Å². The fourth-order valence-corrected chi connectivity index (χ4v) is 6.32. The van der Waals surface area contributed by atoms with Crippen LogP contribution in [0.1, 0.15) is 47.1 Å². The SMILES string of the molecule is COc1ccc([I-]c2cccc(CN(C(=O)OC(C)(C)C)C(=NC(=O)OC(C)(C)C)N3CN(C)C(=O)N(C)C3)c2)cc1. The van der Waals surface area contributed by atoms with E-state index >= 15 is 0 Å². The Morgan fingerprint density at radius 2 is 1.50 bits per heavy atom. The van der Waals surface area contributed by atoms with Gasteiger partial charge in [-0.15, -0.1) is 0 Å². The molecule has 0 unspecified atom stereocenters. The number of hydrogen-bond donors (Lipinski definition) is 0. The Bertz CT molecular complexity index is 1290. The van der Waals surface area contributed by atoms with E-state index in [0.29, 0.717) is 0 Å².